The highest BCUT2D eigenvalue weighted by molar-refractivity contribution is 5.25. The SMILES string of the molecule is N#C[C@@H]1C[C@@H]2C[C@H]1[C@H]1CC(=C3CCC(O)CC3)C[C@@H]21. The Morgan fingerprint density at radius 1 is 0.947 bits per heavy atom. The maximum absolute atomic E-state index is 9.63. The van der Waals surface area contributed by atoms with Gasteiger partial charge < -0.3 is 5.11 Å². The fourth-order valence-electron chi connectivity index (χ4n) is 5.62. The first-order chi connectivity index (χ1) is 9.26. The van der Waals surface area contributed by atoms with Crippen molar-refractivity contribution < 1.29 is 5.11 Å². The number of nitrogens with zero attached hydrogens (tertiary/aromatic N) is 1. The van der Waals surface area contributed by atoms with Crippen LogP contribution in [0.5, 0.6) is 0 Å². The lowest BCUT2D eigenvalue weighted by atomic mass is 9.76. The van der Waals surface area contributed by atoms with Gasteiger partial charge in [0.25, 0.3) is 0 Å². The van der Waals surface area contributed by atoms with Gasteiger partial charge in [-0.15, -0.1) is 0 Å². The van der Waals surface area contributed by atoms with Crippen molar-refractivity contribution in [1.82, 2.24) is 0 Å². The van der Waals surface area contributed by atoms with Gasteiger partial charge in [0.1, 0.15) is 0 Å². The van der Waals surface area contributed by atoms with Crippen molar-refractivity contribution in [2.24, 2.45) is 29.6 Å². The summed E-state index contributed by atoms with van der Waals surface area (Å²) in [5.74, 6) is 3.67. The van der Waals surface area contributed by atoms with Gasteiger partial charge in [-0.1, -0.05) is 11.1 Å². The van der Waals surface area contributed by atoms with Crippen LogP contribution < -0.4 is 0 Å². The topological polar surface area (TPSA) is 44.0 Å². The van der Waals surface area contributed by atoms with Gasteiger partial charge in [0.2, 0.25) is 0 Å². The lowest BCUT2D eigenvalue weighted by Crippen LogP contribution is -2.23. The lowest BCUT2D eigenvalue weighted by Gasteiger charge is -2.27. The van der Waals surface area contributed by atoms with Crippen molar-refractivity contribution in [2.75, 3.05) is 0 Å². The van der Waals surface area contributed by atoms with Crippen LogP contribution in [0.1, 0.15) is 51.4 Å². The van der Waals surface area contributed by atoms with Crippen molar-refractivity contribution in [2.45, 2.75) is 57.5 Å². The second-order valence-electron chi connectivity index (χ2n) is 7.31. The Labute approximate surface area is 115 Å². The molecule has 1 N–H and O–H groups in total. The molecule has 0 amide bonds. The summed E-state index contributed by atoms with van der Waals surface area (Å²) in [6.45, 7) is 0. The van der Waals surface area contributed by atoms with E-state index in [-0.39, 0.29) is 6.10 Å². The summed E-state index contributed by atoms with van der Waals surface area (Å²) >= 11 is 0. The zero-order valence-electron chi connectivity index (χ0n) is 11.5. The van der Waals surface area contributed by atoms with Crippen molar-refractivity contribution in [3.05, 3.63) is 11.1 Å². The van der Waals surface area contributed by atoms with E-state index in [9.17, 15) is 10.4 Å². The highest BCUT2D eigenvalue weighted by atomic mass is 16.3. The minimum Gasteiger partial charge on any atom is -0.393 e. The van der Waals surface area contributed by atoms with Crippen LogP contribution in [0.25, 0.3) is 0 Å². The van der Waals surface area contributed by atoms with E-state index in [1.165, 1.54) is 25.7 Å². The normalized spacial score (nSPS) is 48.4. The molecule has 0 heterocycles. The summed E-state index contributed by atoms with van der Waals surface area (Å²) in [6.07, 6.45) is 9.30. The first-order valence-electron chi connectivity index (χ1n) is 8.03. The minimum absolute atomic E-state index is 0.0515. The molecule has 0 aromatic heterocycles. The Morgan fingerprint density at radius 2 is 1.68 bits per heavy atom. The van der Waals surface area contributed by atoms with Gasteiger partial charge in [-0.25, -0.2) is 0 Å². The quantitative estimate of drug-likeness (QED) is 0.676. The Balaban J connectivity index is 1.53. The van der Waals surface area contributed by atoms with Gasteiger partial charge in [-0.05, 0) is 75.0 Å². The van der Waals surface area contributed by atoms with Crippen LogP contribution in [-0.4, -0.2) is 11.2 Å². The number of rotatable bonds is 0. The molecule has 0 aromatic carbocycles. The number of fused-ring (bicyclic) bond motifs is 5. The summed E-state index contributed by atoms with van der Waals surface area (Å²) in [5, 5.41) is 18.9. The smallest absolute Gasteiger partial charge is 0.0658 e. The number of allylic oxidation sites excluding steroid dienone is 2. The third-order valence-electron chi connectivity index (χ3n) is 6.54. The van der Waals surface area contributed by atoms with Crippen LogP contribution in [0.15, 0.2) is 11.1 Å². The third-order valence-corrected chi connectivity index (χ3v) is 6.54. The molecule has 2 heteroatoms. The summed E-state index contributed by atoms with van der Waals surface area (Å²) in [7, 11) is 0. The van der Waals surface area contributed by atoms with E-state index in [1.54, 1.807) is 11.1 Å². The Kier molecular flexibility index (Phi) is 2.74. The highest BCUT2D eigenvalue weighted by Gasteiger charge is 2.55. The van der Waals surface area contributed by atoms with E-state index in [0.717, 1.165) is 43.4 Å². The molecule has 0 aromatic rings. The first kappa shape index (κ1) is 12.0. The van der Waals surface area contributed by atoms with Crippen LogP contribution in [0.4, 0.5) is 0 Å². The van der Waals surface area contributed by atoms with Crippen molar-refractivity contribution in [1.29, 1.82) is 5.26 Å². The molecule has 4 rings (SSSR count). The second-order valence-corrected chi connectivity index (χ2v) is 7.31. The number of aliphatic hydroxyl groups is 1. The van der Waals surface area contributed by atoms with Gasteiger partial charge in [-0.3, -0.25) is 0 Å². The molecule has 0 radical (unpaired) electrons. The number of hydrogen-bond acceptors (Lipinski definition) is 2. The van der Waals surface area contributed by atoms with Gasteiger partial charge in [0.15, 0.2) is 0 Å². The Bertz CT molecular complexity index is 450. The standard InChI is InChI=1S/C17H23NO/c18-9-13-5-12-8-16(13)17-7-11(6-15(12)17)10-1-3-14(19)4-2-10/h12-17,19H,1-8H2/t12-,13+,14?,15+,16-,17+/m1/s1. The van der Waals surface area contributed by atoms with Crippen LogP contribution in [0.3, 0.4) is 0 Å². The molecule has 2 bridgehead atoms. The first-order valence-corrected chi connectivity index (χ1v) is 8.03. The molecule has 0 spiro atoms. The fourth-order valence-corrected chi connectivity index (χ4v) is 5.62. The van der Waals surface area contributed by atoms with Gasteiger partial charge in [0.05, 0.1) is 12.2 Å². The van der Waals surface area contributed by atoms with Crippen molar-refractivity contribution in [3.8, 4) is 6.07 Å². The maximum Gasteiger partial charge on any atom is 0.0658 e. The molecule has 4 fully saturated rings. The summed E-state index contributed by atoms with van der Waals surface area (Å²) in [4.78, 5) is 0. The maximum atomic E-state index is 9.63. The fraction of sp³-hybridized carbons (Fsp3) is 0.824. The van der Waals surface area contributed by atoms with E-state index < -0.39 is 0 Å². The van der Waals surface area contributed by atoms with E-state index in [1.807, 2.05) is 0 Å². The molecule has 4 aliphatic rings. The Morgan fingerprint density at radius 3 is 2.42 bits per heavy atom. The van der Waals surface area contributed by atoms with Gasteiger partial charge in [-0.2, -0.15) is 5.26 Å². The molecule has 5 atom stereocenters. The molecule has 0 unspecified atom stereocenters. The van der Waals surface area contributed by atoms with Gasteiger partial charge >= 0.3 is 0 Å². The van der Waals surface area contributed by atoms with Crippen LogP contribution in [-0.2, 0) is 0 Å². The average Bonchev–Trinajstić information content (AvgIpc) is 3.09. The molecular formula is C17H23NO. The van der Waals surface area contributed by atoms with E-state index in [0.29, 0.717) is 11.8 Å². The van der Waals surface area contributed by atoms with Gasteiger partial charge in [0, 0.05) is 5.92 Å². The Hall–Kier alpha value is -0.810. The number of hydrogen-bond donors (Lipinski definition) is 1. The molecular weight excluding hydrogens is 234 g/mol. The largest absolute Gasteiger partial charge is 0.393 e. The summed E-state index contributed by atoms with van der Waals surface area (Å²) in [6, 6.07) is 2.56. The van der Waals surface area contributed by atoms with Crippen LogP contribution >= 0.6 is 0 Å². The average molecular weight is 257 g/mol. The molecule has 0 saturated heterocycles. The van der Waals surface area contributed by atoms with Crippen molar-refractivity contribution >= 4 is 0 Å². The monoisotopic (exact) mass is 257 g/mol. The molecule has 4 aliphatic carbocycles. The predicted octanol–water partition coefficient (Wildman–Crippen LogP) is 3.42. The third kappa shape index (κ3) is 1.78. The molecule has 0 aliphatic heterocycles. The zero-order chi connectivity index (χ0) is 13.0. The highest BCUT2D eigenvalue weighted by Crippen LogP contribution is 2.62. The number of nitriles is 1. The predicted molar refractivity (Wildman–Crippen MR) is 73.0 cm³/mol. The zero-order valence-corrected chi connectivity index (χ0v) is 11.5. The minimum atomic E-state index is -0.0515. The van der Waals surface area contributed by atoms with Crippen LogP contribution in [0.2, 0.25) is 0 Å². The molecule has 102 valence electrons. The lowest BCUT2D eigenvalue weighted by molar-refractivity contribution is 0.143. The van der Waals surface area contributed by atoms with Crippen LogP contribution in [0, 0.1) is 40.9 Å². The summed E-state index contributed by atoms with van der Waals surface area (Å²) in [5.41, 5.74) is 3.41. The van der Waals surface area contributed by atoms with E-state index >= 15 is 0 Å². The second kappa shape index (κ2) is 4.35. The molecule has 2 nitrogen and oxygen atoms in total. The van der Waals surface area contributed by atoms with Crippen molar-refractivity contribution in [3.63, 3.8) is 0 Å². The number of aliphatic hydroxyl groups excluding tert-OH is 1. The van der Waals surface area contributed by atoms with E-state index in [4.69, 9.17) is 0 Å². The summed E-state index contributed by atoms with van der Waals surface area (Å²) < 4.78 is 0. The molecule has 4 saturated carbocycles. The van der Waals surface area contributed by atoms with E-state index in [2.05, 4.69) is 6.07 Å². The molecule has 19 heavy (non-hydrogen) atoms.